The molecule has 0 aliphatic carbocycles. The van der Waals surface area contributed by atoms with E-state index >= 15 is 0 Å². The van der Waals surface area contributed by atoms with Crippen molar-refractivity contribution in [3.63, 3.8) is 0 Å². The molecule has 0 aliphatic rings. The van der Waals surface area contributed by atoms with Crippen LogP contribution in [0.5, 0.6) is 0 Å². The minimum absolute atomic E-state index is 0.134. The van der Waals surface area contributed by atoms with Gasteiger partial charge in [0.2, 0.25) is 10.0 Å². The Morgan fingerprint density at radius 3 is 1.83 bits per heavy atom. The summed E-state index contributed by atoms with van der Waals surface area (Å²) in [6.45, 7) is 1.42. The molecule has 0 atom stereocenters. The lowest BCUT2D eigenvalue weighted by atomic mass is 10.3. The third kappa shape index (κ3) is 11.0. The maximum Gasteiger partial charge on any atom is 0.279 e. The van der Waals surface area contributed by atoms with E-state index in [9.17, 15) is 16.8 Å². The van der Waals surface area contributed by atoms with E-state index < -0.39 is 26.0 Å². The monoisotopic (exact) mass is 371 g/mol. The molecular weight excluding hydrogens is 350 g/mol. The first-order chi connectivity index (χ1) is 10.6. The van der Waals surface area contributed by atoms with Gasteiger partial charge in [0.1, 0.15) is 5.88 Å². The second-order valence-corrected chi connectivity index (χ2v) is 7.36. The van der Waals surface area contributed by atoms with Gasteiger partial charge in [0.15, 0.2) is 0 Å². The molecule has 0 saturated carbocycles. The smallest absolute Gasteiger partial charge is 0.279 e. The molecule has 1 aromatic carbocycles. The second kappa shape index (κ2) is 10.5. The number of nitrogens with two attached hydrogens (primary N) is 1. The molecule has 0 bridgehead atoms. The zero-order valence-corrected chi connectivity index (χ0v) is 13.8. The average Bonchev–Trinajstić information content (AvgIpc) is 2.46. The van der Waals surface area contributed by atoms with Crippen molar-refractivity contribution in [1.29, 1.82) is 0 Å². The Labute approximate surface area is 135 Å². The maximum atomic E-state index is 11.5. The Morgan fingerprint density at radius 1 is 0.957 bits per heavy atom. The standard InChI is InChI=1S/C7H10N2O5S2.C4H11NO2/c8-6-1-3-7(4-2-6)16(13,14)9-5-15(10,11)12;6-3-1-5-2-4-7/h1-4,9H,5,8H2,(H,10,11,12);5-7H,1-4H2. The summed E-state index contributed by atoms with van der Waals surface area (Å²) in [6, 6.07) is 5.17. The summed E-state index contributed by atoms with van der Waals surface area (Å²) in [5.41, 5.74) is 5.75. The lowest BCUT2D eigenvalue weighted by Gasteiger charge is -2.04. The number of anilines is 1. The molecule has 0 radical (unpaired) electrons. The van der Waals surface area contributed by atoms with E-state index in [1.165, 1.54) is 24.3 Å². The number of nitrogen functional groups attached to an aromatic ring is 1. The fraction of sp³-hybridized carbons (Fsp3) is 0.455. The van der Waals surface area contributed by atoms with E-state index in [1.54, 1.807) is 4.72 Å². The van der Waals surface area contributed by atoms with Crippen molar-refractivity contribution < 1.29 is 31.6 Å². The van der Waals surface area contributed by atoms with Crippen molar-refractivity contribution in [2.24, 2.45) is 0 Å². The van der Waals surface area contributed by atoms with Crippen LogP contribution in [0.4, 0.5) is 5.69 Å². The van der Waals surface area contributed by atoms with Crippen molar-refractivity contribution in [3.05, 3.63) is 24.3 Å². The van der Waals surface area contributed by atoms with Gasteiger partial charge < -0.3 is 21.3 Å². The van der Waals surface area contributed by atoms with Gasteiger partial charge in [0, 0.05) is 18.8 Å². The first-order valence-corrected chi connectivity index (χ1v) is 9.44. The zero-order valence-electron chi connectivity index (χ0n) is 12.2. The van der Waals surface area contributed by atoms with E-state index in [2.05, 4.69) is 5.32 Å². The third-order valence-electron chi connectivity index (χ3n) is 2.20. The molecular formula is C11H21N3O7S2. The number of rotatable bonds is 8. The van der Waals surface area contributed by atoms with Gasteiger partial charge in [0.25, 0.3) is 10.1 Å². The quantitative estimate of drug-likeness (QED) is 0.170. The summed E-state index contributed by atoms with van der Waals surface area (Å²) in [6.07, 6.45) is 0. The van der Waals surface area contributed by atoms with Crippen LogP contribution in [0.2, 0.25) is 0 Å². The number of sulfonamides is 1. The summed E-state index contributed by atoms with van der Waals surface area (Å²) in [5.74, 6) is -1.07. The van der Waals surface area contributed by atoms with E-state index in [0.29, 0.717) is 18.8 Å². The normalized spacial score (nSPS) is 11.6. The number of aliphatic hydroxyl groups excluding tert-OH is 2. The number of aliphatic hydroxyl groups is 2. The van der Waals surface area contributed by atoms with Crippen LogP contribution in [0, 0.1) is 0 Å². The molecule has 134 valence electrons. The SMILES string of the molecule is Nc1ccc(S(=O)(=O)NCS(=O)(=O)O)cc1.OCCNCCO. The highest BCUT2D eigenvalue weighted by Gasteiger charge is 2.16. The zero-order chi connectivity index (χ0) is 17.9. The molecule has 0 amide bonds. The van der Waals surface area contributed by atoms with Crippen LogP contribution in [-0.4, -0.2) is 63.8 Å². The fourth-order valence-electron chi connectivity index (χ4n) is 1.17. The molecule has 0 saturated heterocycles. The Morgan fingerprint density at radius 2 is 1.43 bits per heavy atom. The average molecular weight is 371 g/mol. The van der Waals surface area contributed by atoms with E-state index in [0.717, 1.165) is 0 Å². The van der Waals surface area contributed by atoms with Gasteiger partial charge in [0.05, 0.1) is 18.1 Å². The second-order valence-electron chi connectivity index (χ2n) is 4.14. The largest absolute Gasteiger partial charge is 0.399 e. The molecule has 1 rings (SSSR count). The van der Waals surface area contributed by atoms with Crippen LogP contribution >= 0.6 is 0 Å². The van der Waals surface area contributed by atoms with Crippen LogP contribution < -0.4 is 15.8 Å². The molecule has 0 aliphatic heterocycles. The number of benzene rings is 1. The van der Waals surface area contributed by atoms with Crippen LogP contribution in [0.3, 0.4) is 0 Å². The van der Waals surface area contributed by atoms with Gasteiger partial charge in [-0.1, -0.05) is 0 Å². The van der Waals surface area contributed by atoms with Gasteiger partial charge in [-0.15, -0.1) is 0 Å². The Hall–Kier alpha value is -1.28. The Kier molecular flexibility index (Phi) is 9.90. The number of nitrogens with one attached hydrogen (secondary N) is 2. The fourth-order valence-corrected chi connectivity index (χ4v) is 3.04. The lowest BCUT2D eigenvalue weighted by Crippen LogP contribution is -2.29. The molecule has 0 aromatic heterocycles. The van der Waals surface area contributed by atoms with Crippen molar-refractivity contribution in [2.45, 2.75) is 4.90 Å². The van der Waals surface area contributed by atoms with Crippen LogP contribution in [0.25, 0.3) is 0 Å². The van der Waals surface area contributed by atoms with E-state index in [4.69, 9.17) is 20.5 Å². The minimum Gasteiger partial charge on any atom is -0.399 e. The lowest BCUT2D eigenvalue weighted by molar-refractivity contribution is 0.266. The van der Waals surface area contributed by atoms with Gasteiger partial charge in [-0.25, -0.2) is 8.42 Å². The van der Waals surface area contributed by atoms with Crippen molar-refractivity contribution in [1.82, 2.24) is 10.0 Å². The highest BCUT2D eigenvalue weighted by atomic mass is 32.2. The molecule has 23 heavy (non-hydrogen) atoms. The summed E-state index contributed by atoms with van der Waals surface area (Å²) in [4.78, 5) is -0.134. The van der Waals surface area contributed by atoms with E-state index in [-0.39, 0.29) is 18.1 Å². The molecule has 0 spiro atoms. The minimum atomic E-state index is -4.39. The van der Waals surface area contributed by atoms with Crippen molar-refractivity contribution in [2.75, 3.05) is 37.9 Å². The van der Waals surface area contributed by atoms with Crippen LogP contribution in [0.15, 0.2) is 29.2 Å². The summed E-state index contributed by atoms with van der Waals surface area (Å²) >= 11 is 0. The molecule has 7 N–H and O–H groups in total. The molecule has 0 unspecified atom stereocenters. The van der Waals surface area contributed by atoms with Gasteiger partial charge >= 0.3 is 0 Å². The molecule has 10 nitrogen and oxygen atoms in total. The van der Waals surface area contributed by atoms with Gasteiger partial charge in [-0.05, 0) is 24.3 Å². The summed E-state index contributed by atoms with van der Waals surface area (Å²) in [7, 11) is -8.34. The molecule has 0 fully saturated rings. The predicted molar refractivity (Wildman–Crippen MR) is 84.6 cm³/mol. The van der Waals surface area contributed by atoms with Crippen molar-refractivity contribution >= 4 is 25.8 Å². The molecule has 12 heteroatoms. The predicted octanol–water partition coefficient (Wildman–Crippen LogP) is -2.05. The topological polar surface area (TPSA) is 179 Å². The summed E-state index contributed by atoms with van der Waals surface area (Å²) < 4.78 is 53.8. The van der Waals surface area contributed by atoms with Gasteiger partial charge in [-0.3, -0.25) is 4.55 Å². The highest BCUT2D eigenvalue weighted by molar-refractivity contribution is 7.91. The Bertz CT molecular complexity index is 641. The first kappa shape index (κ1) is 21.7. The first-order valence-electron chi connectivity index (χ1n) is 6.35. The van der Waals surface area contributed by atoms with Crippen LogP contribution in [-0.2, 0) is 20.1 Å². The number of hydrogen-bond acceptors (Lipinski definition) is 8. The molecule has 0 heterocycles. The van der Waals surface area contributed by atoms with Gasteiger partial charge in [-0.2, -0.15) is 13.1 Å². The third-order valence-corrected chi connectivity index (χ3v) is 4.31. The highest BCUT2D eigenvalue weighted by Crippen LogP contribution is 2.11. The maximum absolute atomic E-state index is 11.5. The Balaban J connectivity index is 0.000000585. The van der Waals surface area contributed by atoms with E-state index in [1.807, 2.05) is 0 Å². The van der Waals surface area contributed by atoms with Crippen molar-refractivity contribution in [3.8, 4) is 0 Å². The number of hydrogen-bond donors (Lipinski definition) is 6. The van der Waals surface area contributed by atoms with Crippen LogP contribution in [0.1, 0.15) is 0 Å². The molecule has 1 aromatic rings. The summed E-state index contributed by atoms with van der Waals surface area (Å²) in [5, 5.41) is 19.1.